The molecule has 2 amide bonds. The normalized spacial score (nSPS) is 12.0. The van der Waals surface area contributed by atoms with Crippen molar-refractivity contribution in [1.82, 2.24) is 10.2 Å². The van der Waals surface area contributed by atoms with E-state index in [0.29, 0.717) is 26.9 Å². The predicted molar refractivity (Wildman–Crippen MR) is 148 cm³/mol. The number of carbonyl (C=O) groups is 2. The van der Waals surface area contributed by atoms with E-state index in [1.807, 2.05) is 30.3 Å². The molecular weight excluding hydrogens is 533 g/mol. The Hall–Kier alpha value is -3.07. The lowest BCUT2D eigenvalue weighted by Crippen LogP contribution is -2.53. The summed E-state index contributed by atoms with van der Waals surface area (Å²) in [7, 11) is -2.33. The van der Waals surface area contributed by atoms with Crippen molar-refractivity contribution in [3.63, 3.8) is 0 Å². The Morgan fingerprint density at radius 2 is 1.62 bits per heavy atom. The van der Waals surface area contributed by atoms with Gasteiger partial charge < -0.3 is 10.2 Å². The quantitative estimate of drug-likeness (QED) is 0.396. The molecule has 1 unspecified atom stereocenters. The number of hydrogen-bond donors (Lipinski definition) is 1. The second kappa shape index (κ2) is 12.4. The topological polar surface area (TPSA) is 86.8 Å². The maximum Gasteiger partial charge on any atom is 0.244 e. The van der Waals surface area contributed by atoms with Crippen LogP contribution < -0.4 is 9.62 Å². The first kappa shape index (κ1) is 28.5. The van der Waals surface area contributed by atoms with Crippen molar-refractivity contribution in [2.75, 3.05) is 24.2 Å². The molecule has 37 heavy (non-hydrogen) atoms. The first-order chi connectivity index (χ1) is 17.5. The third kappa shape index (κ3) is 7.47. The average molecular weight is 563 g/mol. The lowest BCUT2D eigenvalue weighted by atomic mass is 10.0. The molecule has 0 aromatic heterocycles. The van der Waals surface area contributed by atoms with Gasteiger partial charge in [0.2, 0.25) is 21.8 Å². The number of likely N-dealkylation sites (N-methyl/N-ethyl adjacent to an activating group) is 1. The molecule has 7 nitrogen and oxygen atoms in total. The molecule has 0 aliphatic carbocycles. The zero-order chi connectivity index (χ0) is 27.2. The Morgan fingerprint density at radius 1 is 0.973 bits per heavy atom. The van der Waals surface area contributed by atoms with Gasteiger partial charge in [-0.2, -0.15) is 0 Å². The minimum atomic E-state index is -3.82. The number of hydrogen-bond acceptors (Lipinski definition) is 4. The summed E-state index contributed by atoms with van der Waals surface area (Å²) in [4.78, 5) is 28.4. The number of nitrogens with one attached hydrogen (secondary N) is 1. The molecule has 0 aliphatic rings. The van der Waals surface area contributed by atoms with Gasteiger partial charge in [0, 0.05) is 30.1 Å². The van der Waals surface area contributed by atoms with Gasteiger partial charge in [-0.05, 0) is 41.8 Å². The second-order valence-electron chi connectivity index (χ2n) is 8.63. The van der Waals surface area contributed by atoms with E-state index in [9.17, 15) is 18.0 Å². The summed E-state index contributed by atoms with van der Waals surface area (Å²) in [6, 6.07) is 20.2. The Bertz CT molecular complexity index is 1370. The van der Waals surface area contributed by atoms with Gasteiger partial charge in [0.15, 0.2) is 0 Å². The van der Waals surface area contributed by atoms with Crippen LogP contribution in [-0.4, -0.2) is 51.0 Å². The number of halogens is 2. The monoisotopic (exact) mass is 561 g/mol. The van der Waals surface area contributed by atoms with Crippen molar-refractivity contribution in [1.29, 1.82) is 0 Å². The molecule has 1 N–H and O–H groups in total. The number of para-hydroxylation sites is 1. The van der Waals surface area contributed by atoms with Crippen LogP contribution >= 0.6 is 23.2 Å². The van der Waals surface area contributed by atoms with Gasteiger partial charge in [0.1, 0.15) is 12.6 Å². The van der Waals surface area contributed by atoms with E-state index in [-0.39, 0.29) is 18.9 Å². The fourth-order valence-corrected chi connectivity index (χ4v) is 5.37. The fourth-order valence-electron chi connectivity index (χ4n) is 3.99. The van der Waals surface area contributed by atoms with E-state index >= 15 is 0 Å². The van der Waals surface area contributed by atoms with E-state index in [1.54, 1.807) is 49.4 Å². The number of anilines is 1. The largest absolute Gasteiger partial charge is 0.357 e. The summed E-state index contributed by atoms with van der Waals surface area (Å²) < 4.78 is 26.6. The lowest BCUT2D eigenvalue weighted by molar-refractivity contribution is -0.139. The molecule has 10 heteroatoms. The third-order valence-corrected chi connectivity index (χ3v) is 7.65. The van der Waals surface area contributed by atoms with E-state index in [1.165, 1.54) is 11.9 Å². The standard InChI is InChI=1S/C27H29Cl2N3O4S/c1-19-9-7-8-12-24(19)32(37(3,35)36)18-26(33)31(17-21-13-14-22(28)16-23(21)29)25(27(34)30-2)15-20-10-5-4-6-11-20/h4-14,16,25H,15,17-18H2,1-3H3,(H,30,34). The van der Waals surface area contributed by atoms with Gasteiger partial charge in [0.25, 0.3) is 0 Å². The summed E-state index contributed by atoms with van der Waals surface area (Å²) in [5.41, 5.74) is 2.50. The Labute approximate surface area is 228 Å². The Kier molecular flexibility index (Phi) is 9.59. The number of carbonyl (C=O) groups excluding carboxylic acids is 2. The highest BCUT2D eigenvalue weighted by atomic mass is 35.5. The predicted octanol–water partition coefficient (Wildman–Crippen LogP) is 4.45. The molecule has 0 aliphatic heterocycles. The summed E-state index contributed by atoms with van der Waals surface area (Å²) in [6.45, 7) is 1.26. The highest BCUT2D eigenvalue weighted by Crippen LogP contribution is 2.26. The minimum absolute atomic E-state index is 0.0227. The van der Waals surface area contributed by atoms with Crippen molar-refractivity contribution in [3.8, 4) is 0 Å². The molecule has 0 heterocycles. The summed E-state index contributed by atoms with van der Waals surface area (Å²) in [5, 5.41) is 3.40. The highest BCUT2D eigenvalue weighted by Gasteiger charge is 2.33. The number of sulfonamides is 1. The van der Waals surface area contributed by atoms with E-state index < -0.39 is 28.5 Å². The summed E-state index contributed by atoms with van der Waals surface area (Å²) >= 11 is 12.5. The van der Waals surface area contributed by atoms with Crippen LogP contribution in [0.2, 0.25) is 10.0 Å². The van der Waals surface area contributed by atoms with Crippen molar-refractivity contribution in [2.24, 2.45) is 0 Å². The van der Waals surface area contributed by atoms with Crippen LogP contribution in [0.4, 0.5) is 5.69 Å². The molecule has 0 saturated heterocycles. The zero-order valence-corrected chi connectivity index (χ0v) is 23.1. The molecule has 3 aromatic rings. The van der Waals surface area contributed by atoms with Crippen molar-refractivity contribution < 1.29 is 18.0 Å². The van der Waals surface area contributed by atoms with Gasteiger partial charge in [-0.15, -0.1) is 0 Å². The molecule has 0 fully saturated rings. The molecule has 196 valence electrons. The number of amides is 2. The number of aryl methyl sites for hydroxylation is 1. The van der Waals surface area contributed by atoms with E-state index in [4.69, 9.17) is 23.2 Å². The van der Waals surface area contributed by atoms with E-state index in [0.717, 1.165) is 16.1 Å². The van der Waals surface area contributed by atoms with Crippen LogP contribution in [0.1, 0.15) is 16.7 Å². The summed E-state index contributed by atoms with van der Waals surface area (Å²) in [5.74, 6) is -0.937. The van der Waals surface area contributed by atoms with Crippen LogP contribution in [0.15, 0.2) is 72.8 Å². The minimum Gasteiger partial charge on any atom is -0.357 e. The van der Waals surface area contributed by atoms with Crippen LogP contribution in [0.3, 0.4) is 0 Å². The highest BCUT2D eigenvalue weighted by molar-refractivity contribution is 7.92. The van der Waals surface area contributed by atoms with Gasteiger partial charge >= 0.3 is 0 Å². The Morgan fingerprint density at radius 3 is 2.22 bits per heavy atom. The maximum atomic E-state index is 13.9. The average Bonchev–Trinajstić information content (AvgIpc) is 2.85. The number of nitrogens with zero attached hydrogens (tertiary/aromatic N) is 2. The van der Waals surface area contributed by atoms with Gasteiger partial charge in [-0.1, -0.05) is 77.8 Å². The molecule has 0 spiro atoms. The van der Waals surface area contributed by atoms with Crippen LogP contribution in [0, 0.1) is 6.92 Å². The number of rotatable bonds is 10. The molecule has 0 bridgehead atoms. The second-order valence-corrected chi connectivity index (χ2v) is 11.4. The smallest absolute Gasteiger partial charge is 0.244 e. The molecule has 3 rings (SSSR count). The molecule has 0 saturated carbocycles. The summed E-state index contributed by atoms with van der Waals surface area (Å²) in [6.07, 6.45) is 1.27. The number of benzene rings is 3. The van der Waals surface area contributed by atoms with Gasteiger partial charge in [-0.25, -0.2) is 8.42 Å². The lowest BCUT2D eigenvalue weighted by Gasteiger charge is -2.33. The van der Waals surface area contributed by atoms with Crippen molar-refractivity contribution in [3.05, 3.63) is 99.5 Å². The van der Waals surface area contributed by atoms with Crippen LogP contribution in [0.25, 0.3) is 0 Å². The molecular formula is C27H29Cl2N3O4S. The van der Waals surface area contributed by atoms with Crippen LogP contribution in [-0.2, 0) is 32.6 Å². The van der Waals surface area contributed by atoms with Crippen LogP contribution in [0.5, 0.6) is 0 Å². The van der Waals surface area contributed by atoms with Crippen molar-refractivity contribution in [2.45, 2.75) is 25.9 Å². The fraction of sp³-hybridized carbons (Fsp3) is 0.259. The SMILES string of the molecule is CNC(=O)C(Cc1ccccc1)N(Cc1ccc(Cl)cc1Cl)C(=O)CN(c1ccccc1C)S(C)(=O)=O. The van der Waals surface area contributed by atoms with E-state index in [2.05, 4.69) is 5.32 Å². The van der Waals surface area contributed by atoms with Gasteiger partial charge in [-0.3, -0.25) is 13.9 Å². The molecule has 0 radical (unpaired) electrons. The maximum absolute atomic E-state index is 13.9. The third-order valence-electron chi connectivity index (χ3n) is 5.94. The molecule has 3 aromatic carbocycles. The van der Waals surface area contributed by atoms with Gasteiger partial charge in [0.05, 0.1) is 11.9 Å². The van der Waals surface area contributed by atoms with Crippen molar-refractivity contribution >= 4 is 50.7 Å². The Balaban J connectivity index is 2.06. The zero-order valence-electron chi connectivity index (χ0n) is 20.8. The molecule has 1 atom stereocenters. The first-order valence-electron chi connectivity index (χ1n) is 11.5. The first-order valence-corrected chi connectivity index (χ1v) is 14.1.